The van der Waals surface area contributed by atoms with Gasteiger partial charge in [-0.25, -0.2) is 4.98 Å². The predicted octanol–water partition coefficient (Wildman–Crippen LogP) is 4.44. The van der Waals surface area contributed by atoms with Crippen molar-refractivity contribution >= 4 is 18.2 Å². The Kier molecular flexibility index (Phi) is 7.51. The van der Waals surface area contributed by atoms with Gasteiger partial charge in [-0.15, -0.1) is 12.6 Å². The van der Waals surface area contributed by atoms with Crippen molar-refractivity contribution in [3.63, 3.8) is 0 Å². The van der Waals surface area contributed by atoms with Crippen LogP contribution in [0.15, 0.2) is 58.0 Å². The summed E-state index contributed by atoms with van der Waals surface area (Å²) in [6.45, 7) is 17.1. The van der Waals surface area contributed by atoms with Crippen molar-refractivity contribution in [2.75, 3.05) is 5.01 Å². The lowest BCUT2D eigenvalue weighted by Crippen LogP contribution is -2.38. The zero-order chi connectivity index (χ0) is 19.1. The molecule has 0 amide bonds. The highest BCUT2D eigenvalue weighted by molar-refractivity contribution is 7.80. The van der Waals surface area contributed by atoms with E-state index in [4.69, 9.17) is 4.42 Å². The Balaban J connectivity index is 0.00000151. The molecule has 0 saturated heterocycles. The molecule has 2 rings (SSSR count). The fourth-order valence-corrected chi connectivity index (χ4v) is 2.60. The van der Waals surface area contributed by atoms with Crippen molar-refractivity contribution in [1.82, 2.24) is 9.66 Å². The molecule has 2 heterocycles. The van der Waals surface area contributed by atoms with Gasteiger partial charge in [0.25, 0.3) is 5.56 Å². The van der Waals surface area contributed by atoms with E-state index < -0.39 is 0 Å². The molecule has 0 aromatic carbocycles. The van der Waals surface area contributed by atoms with Gasteiger partial charge < -0.3 is 4.42 Å². The molecular formula is C19H25N3O2S. The lowest BCUT2D eigenvalue weighted by molar-refractivity contribution is 0.521. The first-order valence-corrected chi connectivity index (χ1v) is 8.48. The first-order chi connectivity index (χ1) is 11.9. The van der Waals surface area contributed by atoms with Crippen LogP contribution in [0.5, 0.6) is 0 Å². The summed E-state index contributed by atoms with van der Waals surface area (Å²) in [5, 5.41) is 1.87. The van der Waals surface area contributed by atoms with Crippen molar-refractivity contribution in [2.24, 2.45) is 0 Å². The number of aryl methyl sites for hydroxylation is 2. The number of furan rings is 1. The van der Waals surface area contributed by atoms with Crippen LogP contribution in [0.1, 0.15) is 43.7 Å². The quantitative estimate of drug-likeness (QED) is 0.633. The van der Waals surface area contributed by atoms with Crippen LogP contribution in [-0.4, -0.2) is 9.66 Å². The van der Waals surface area contributed by atoms with Crippen LogP contribution in [-0.2, 0) is 0 Å². The maximum Gasteiger partial charge on any atom is 0.282 e. The third kappa shape index (κ3) is 4.33. The topological polar surface area (TPSA) is 51.3 Å². The molecule has 0 aliphatic carbocycles. The molecule has 0 N–H and O–H groups in total. The zero-order valence-electron chi connectivity index (χ0n) is 15.4. The molecule has 6 heteroatoms. The predicted molar refractivity (Wildman–Crippen MR) is 107 cm³/mol. The molecule has 0 saturated carbocycles. The van der Waals surface area contributed by atoms with Crippen molar-refractivity contribution < 1.29 is 4.42 Å². The normalized spacial score (nSPS) is 10.3. The molecule has 0 spiro atoms. The summed E-state index contributed by atoms with van der Waals surface area (Å²) < 4.78 is 6.96. The molecule has 0 unspecified atom stereocenters. The highest BCUT2D eigenvalue weighted by Gasteiger charge is 2.19. The Labute approximate surface area is 154 Å². The first kappa shape index (κ1) is 20.6. The summed E-state index contributed by atoms with van der Waals surface area (Å²) in [7, 11) is 0. The van der Waals surface area contributed by atoms with Crippen molar-refractivity contribution in [1.29, 1.82) is 0 Å². The maximum absolute atomic E-state index is 13.0. The van der Waals surface area contributed by atoms with Crippen LogP contribution >= 0.6 is 12.6 Å². The summed E-state index contributed by atoms with van der Waals surface area (Å²) >= 11 is 4.34. The summed E-state index contributed by atoms with van der Waals surface area (Å²) in [5.74, 6) is 1.75. The molecule has 0 radical (unpaired) electrons. The SMILES string of the molecule is C=CN(/C=C\C)n1c(C)nc(S)c(C(=C)c2ccc(C)o2)c1=O.CC. The van der Waals surface area contributed by atoms with E-state index in [0.29, 0.717) is 27.7 Å². The second kappa shape index (κ2) is 9.13. The highest BCUT2D eigenvalue weighted by Crippen LogP contribution is 2.25. The van der Waals surface area contributed by atoms with Crippen LogP contribution in [0.2, 0.25) is 0 Å². The highest BCUT2D eigenvalue weighted by atomic mass is 32.1. The molecule has 2 aromatic rings. The van der Waals surface area contributed by atoms with E-state index in [-0.39, 0.29) is 5.56 Å². The van der Waals surface area contributed by atoms with E-state index in [1.807, 2.05) is 33.8 Å². The fourth-order valence-electron chi connectivity index (χ4n) is 2.22. The molecule has 0 aliphatic rings. The van der Waals surface area contributed by atoms with Gasteiger partial charge in [-0.3, -0.25) is 9.80 Å². The Bertz CT molecular complexity index is 847. The van der Waals surface area contributed by atoms with E-state index in [0.717, 1.165) is 5.76 Å². The summed E-state index contributed by atoms with van der Waals surface area (Å²) in [6, 6.07) is 3.58. The monoisotopic (exact) mass is 359 g/mol. The van der Waals surface area contributed by atoms with E-state index in [2.05, 4.69) is 30.8 Å². The van der Waals surface area contributed by atoms with Crippen LogP contribution in [0.3, 0.4) is 0 Å². The largest absolute Gasteiger partial charge is 0.461 e. The smallest absolute Gasteiger partial charge is 0.282 e. The van der Waals surface area contributed by atoms with Crippen LogP contribution in [0.25, 0.3) is 5.57 Å². The van der Waals surface area contributed by atoms with E-state index in [1.54, 1.807) is 30.3 Å². The minimum Gasteiger partial charge on any atom is -0.461 e. The van der Waals surface area contributed by atoms with Gasteiger partial charge in [-0.1, -0.05) is 33.1 Å². The average Bonchev–Trinajstić information content (AvgIpc) is 3.01. The van der Waals surface area contributed by atoms with Gasteiger partial charge in [-0.2, -0.15) is 4.68 Å². The number of hydrogen-bond acceptors (Lipinski definition) is 5. The molecular weight excluding hydrogens is 334 g/mol. The number of thiol groups is 1. The van der Waals surface area contributed by atoms with Crippen molar-refractivity contribution in [3.8, 4) is 0 Å². The molecule has 0 atom stereocenters. The van der Waals surface area contributed by atoms with Crippen molar-refractivity contribution in [3.05, 3.63) is 77.0 Å². The molecule has 0 bridgehead atoms. The third-order valence-electron chi connectivity index (χ3n) is 3.26. The van der Waals surface area contributed by atoms with Crippen LogP contribution < -0.4 is 10.6 Å². The number of hydrogen-bond donors (Lipinski definition) is 1. The summed E-state index contributed by atoms with van der Waals surface area (Å²) in [6.07, 6.45) is 5.04. The second-order valence-electron chi connectivity index (χ2n) is 4.91. The standard InChI is InChI=1S/C17H19N3O2S.C2H6/c1-6-10-19(7-2)20-13(5)18-16(23)15(17(20)21)12(4)14-9-8-11(3)22-14;1-2/h6-10,23H,2,4H2,1,3,5H3;1-2H3/b10-6-;. The van der Waals surface area contributed by atoms with Gasteiger partial charge in [0, 0.05) is 18.0 Å². The lowest BCUT2D eigenvalue weighted by Gasteiger charge is -2.21. The second-order valence-corrected chi connectivity index (χ2v) is 5.33. The average molecular weight is 359 g/mol. The fraction of sp³-hybridized carbons (Fsp3) is 0.263. The van der Waals surface area contributed by atoms with E-state index >= 15 is 0 Å². The minimum absolute atomic E-state index is 0.292. The Morgan fingerprint density at radius 1 is 1.36 bits per heavy atom. The van der Waals surface area contributed by atoms with Gasteiger partial charge >= 0.3 is 0 Å². The zero-order valence-corrected chi connectivity index (χ0v) is 16.3. The Hall–Kier alpha value is -2.47. The summed E-state index contributed by atoms with van der Waals surface area (Å²) in [4.78, 5) is 17.3. The molecule has 5 nitrogen and oxygen atoms in total. The van der Waals surface area contributed by atoms with Gasteiger partial charge in [0.05, 0.1) is 5.56 Å². The van der Waals surface area contributed by atoms with Crippen LogP contribution in [0.4, 0.5) is 0 Å². The number of aromatic nitrogens is 2. The maximum atomic E-state index is 13.0. The van der Waals surface area contributed by atoms with Gasteiger partial charge in [0.1, 0.15) is 22.4 Å². The first-order valence-electron chi connectivity index (χ1n) is 8.03. The number of allylic oxidation sites excluding steroid dienone is 1. The van der Waals surface area contributed by atoms with Gasteiger partial charge in [-0.05, 0) is 32.9 Å². The Morgan fingerprint density at radius 3 is 2.48 bits per heavy atom. The number of rotatable bonds is 5. The van der Waals surface area contributed by atoms with Gasteiger partial charge in [0.15, 0.2) is 0 Å². The van der Waals surface area contributed by atoms with Crippen molar-refractivity contribution in [2.45, 2.75) is 39.6 Å². The molecule has 2 aromatic heterocycles. The summed E-state index contributed by atoms with van der Waals surface area (Å²) in [5.41, 5.74) is 0.447. The van der Waals surface area contributed by atoms with Crippen LogP contribution in [0, 0.1) is 13.8 Å². The number of nitrogens with zero attached hydrogens (tertiary/aromatic N) is 3. The van der Waals surface area contributed by atoms with E-state index in [9.17, 15) is 4.79 Å². The Morgan fingerprint density at radius 2 is 2.00 bits per heavy atom. The molecule has 134 valence electrons. The van der Waals surface area contributed by atoms with Gasteiger partial charge in [0.2, 0.25) is 0 Å². The van der Waals surface area contributed by atoms with E-state index in [1.165, 1.54) is 10.9 Å². The lowest BCUT2D eigenvalue weighted by atomic mass is 10.1. The minimum atomic E-state index is -0.292. The molecule has 0 fully saturated rings. The molecule has 25 heavy (non-hydrogen) atoms. The molecule has 0 aliphatic heterocycles. The third-order valence-corrected chi connectivity index (χ3v) is 3.59.